The summed E-state index contributed by atoms with van der Waals surface area (Å²) in [6, 6.07) is 7.64. The van der Waals surface area contributed by atoms with Crippen molar-refractivity contribution in [3.8, 4) is 0 Å². The van der Waals surface area contributed by atoms with Crippen molar-refractivity contribution in [1.82, 2.24) is 24.4 Å². The number of hydrogen-bond donors (Lipinski definition) is 2. The first-order chi connectivity index (χ1) is 15.8. The molecule has 10 nitrogen and oxygen atoms in total. The number of piperidine rings is 1. The van der Waals surface area contributed by atoms with E-state index in [1.807, 2.05) is 26.0 Å². The van der Waals surface area contributed by atoms with Crippen molar-refractivity contribution >= 4 is 23.5 Å². The molecule has 1 aromatic heterocycles. The molecule has 10 heteroatoms. The van der Waals surface area contributed by atoms with E-state index in [-0.39, 0.29) is 29.9 Å². The van der Waals surface area contributed by atoms with Crippen LogP contribution in [0.1, 0.15) is 45.6 Å². The number of aliphatic hydroxyl groups is 1. The summed E-state index contributed by atoms with van der Waals surface area (Å²) in [6.07, 6.45) is 2.99. The van der Waals surface area contributed by atoms with Gasteiger partial charge in [-0.05, 0) is 51.7 Å². The summed E-state index contributed by atoms with van der Waals surface area (Å²) in [7, 11) is 1.65. The normalized spacial score (nSPS) is 23.6. The molecule has 0 radical (unpaired) electrons. The highest BCUT2D eigenvalue weighted by molar-refractivity contribution is 5.77. The average molecular weight is 460 g/mol. The predicted octanol–water partition coefficient (Wildman–Crippen LogP) is 0.967. The first-order valence-corrected chi connectivity index (χ1v) is 11.6. The minimum Gasteiger partial charge on any atom is -0.390 e. The number of hydrogen-bond acceptors (Lipinski definition) is 6. The lowest BCUT2D eigenvalue weighted by molar-refractivity contribution is -0.118. The highest BCUT2D eigenvalue weighted by Crippen LogP contribution is 2.35. The van der Waals surface area contributed by atoms with E-state index in [9.17, 15) is 19.5 Å². The Morgan fingerprint density at radius 3 is 2.48 bits per heavy atom. The Hall–Kier alpha value is -2.85. The molecule has 2 unspecified atom stereocenters. The van der Waals surface area contributed by atoms with Crippen LogP contribution in [-0.2, 0) is 4.79 Å². The molecule has 2 aromatic rings. The Balaban J connectivity index is 1.39. The number of aliphatic hydroxyl groups excluding tert-OH is 1. The molecule has 0 spiro atoms. The molecule has 0 saturated carbocycles. The van der Waals surface area contributed by atoms with Crippen LogP contribution in [0.2, 0.25) is 0 Å². The maximum absolute atomic E-state index is 12.9. The molecule has 4 atom stereocenters. The summed E-state index contributed by atoms with van der Waals surface area (Å²) in [6.45, 7) is 4.63. The van der Waals surface area contributed by atoms with Crippen molar-refractivity contribution in [2.45, 2.75) is 69.8 Å². The monoisotopic (exact) mass is 459 g/mol. The van der Waals surface area contributed by atoms with E-state index in [0.717, 1.165) is 35.9 Å². The van der Waals surface area contributed by atoms with Gasteiger partial charge in [-0.25, -0.2) is 9.59 Å². The van der Waals surface area contributed by atoms with Gasteiger partial charge >= 0.3 is 11.8 Å². The van der Waals surface area contributed by atoms with E-state index in [1.165, 1.54) is 4.90 Å². The quantitative estimate of drug-likeness (QED) is 0.570. The molecular weight excluding hydrogens is 426 g/mol. The fraction of sp³-hybridized carbons (Fsp3) is 0.609. The topological polar surface area (TPSA) is 109 Å². The zero-order valence-corrected chi connectivity index (χ0v) is 19.4. The van der Waals surface area contributed by atoms with Crippen LogP contribution in [0, 0.1) is 0 Å². The highest BCUT2D eigenvalue weighted by atomic mass is 16.7. The second-order valence-corrected chi connectivity index (χ2v) is 9.50. The second kappa shape index (κ2) is 9.56. The van der Waals surface area contributed by atoms with E-state index < -0.39 is 12.2 Å². The molecule has 3 heterocycles. The van der Waals surface area contributed by atoms with Crippen LogP contribution in [0.15, 0.2) is 29.1 Å². The first kappa shape index (κ1) is 23.3. The summed E-state index contributed by atoms with van der Waals surface area (Å²) >= 11 is 0. The van der Waals surface area contributed by atoms with Crippen molar-refractivity contribution in [3.63, 3.8) is 0 Å². The number of para-hydroxylation sites is 2. The summed E-state index contributed by atoms with van der Waals surface area (Å²) in [5, 5.41) is 13.3. The number of carbonyl (C=O) groups is 2. The molecule has 2 N–H and O–H groups in total. The van der Waals surface area contributed by atoms with Gasteiger partial charge in [-0.3, -0.25) is 14.3 Å². The second-order valence-electron chi connectivity index (χ2n) is 9.50. The zero-order chi connectivity index (χ0) is 23.7. The van der Waals surface area contributed by atoms with Crippen molar-refractivity contribution < 1.29 is 19.5 Å². The summed E-state index contributed by atoms with van der Waals surface area (Å²) in [5.74, 6) is 0. The van der Waals surface area contributed by atoms with Gasteiger partial charge in [-0.1, -0.05) is 12.1 Å². The molecule has 2 aliphatic rings. The summed E-state index contributed by atoms with van der Waals surface area (Å²) < 4.78 is 2.67. The van der Waals surface area contributed by atoms with Gasteiger partial charge in [-0.15, -0.1) is 4.73 Å². The SMILES string of the molecule is CC(C)n1c(=O)n(OC(=O)NC2C[C@H]3CC[C@@H](C2)N3CC(O)CN(C)C=O)c2ccccc21. The Kier molecular flexibility index (Phi) is 6.76. The lowest BCUT2D eigenvalue weighted by Gasteiger charge is -2.40. The number of nitrogens with zero attached hydrogens (tertiary/aromatic N) is 4. The van der Waals surface area contributed by atoms with E-state index in [2.05, 4.69) is 10.2 Å². The minimum absolute atomic E-state index is 0.0600. The maximum atomic E-state index is 12.9. The lowest BCUT2D eigenvalue weighted by atomic mass is 9.97. The van der Waals surface area contributed by atoms with E-state index in [1.54, 1.807) is 23.7 Å². The number of aromatic nitrogens is 2. The van der Waals surface area contributed by atoms with Gasteiger partial charge < -0.3 is 20.2 Å². The van der Waals surface area contributed by atoms with Crippen molar-refractivity contribution in [1.29, 1.82) is 0 Å². The Labute approximate surface area is 192 Å². The van der Waals surface area contributed by atoms with Crippen LogP contribution >= 0.6 is 0 Å². The van der Waals surface area contributed by atoms with Gasteiger partial charge in [-0.2, -0.15) is 0 Å². The third kappa shape index (κ3) is 4.77. The highest BCUT2D eigenvalue weighted by Gasteiger charge is 2.42. The number of rotatable bonds is 8. The molecular formula is C23H33N5O5. The fourth-order valence-corrected chi connectivity index (χ4v) is 5.37. The number of carbonyl (C=O) groups excluding carboxylic acids is 2. The number of amides is 2. The van der Waals surface area contributed by atoms with Gasteiger partial charge in [0.15, 0.2) is 0 Å². The Morgan fingerprint density at radius 2 is 1.88 bits per heavy atom. The standard InChI is InChI=1S/C23H33N5O5/c1-15(2)27-20-6-4-5-7-21(20)28(23(27)32)33-22(31)24-16-10-17-8-9-18(11-16)26(17)13-19(30)12-25(3)14-29/h4-7,14-19,30H,8-13H2,1-3H3,(H,24,31)/t16?,17-,18+,19?. The zero-order valence-electron chi connectivity index (χ0n) is 19.4. The number of nitrogens with one attached hydrogen (secondary N) is 1. The van der Waals surface area contributed by atoms with Gasteiger partial charge in [0, 0.05) is 44.3 Å². The molecule has 1 aromatic carbocycles. The molecule has 2 saturated heterocycles. The molecule has 180 valence electrons. The van der Waals surface area contributed by atoms with Crippen LogP contribution in [0.3, 0.4) is 0 Å². The molecule has 2 aliphatic heterocycles. The van der Waals surface area contributed by atoms with Crippen LogP contribution in [0.25, 0.3) is 11.0 Å². The molecule has 2 amide bonds. The average Bonchev–Trinajstić information content (AvgIpc) is 3.16. The van der Waals surface area contributed by atoms with Crippen LogP contribution < -0.4 is 15.8 Å². The third-order valence-electron chi connectivity index (χ3n) is 6.74. The fourth-order valence-electron chi connectivity index (χ4n) is 5.37. The van der Waals surface area contributed by atoms with Crippen LogP contribution in [-0.4, -0.2) is 81.1 Å². The van der Waals surface area contributed by atoms with E-state index in [4.69, 9.17) is 4.84 Å². The molecule has 2 bridgehead atoms. The third-order valence-corrected chi connectivity index (χ3v) is 6.74. The molecule has 33 heavy (non-hydrogen) atoms. The summed E-state index contributed by atoms with van der Waals surface area (Å²) in [4.78, 5) is 45.6. The number of fused-ring (bicyclic) bond motifs is 3. The van der Waals surface area contributed by atoms with Crippen molar-refractivity contribution in [2.24, 2.45) is 0 Å². The Morgan fingerprint density at radius 1 is 1.24 bits per heavy atom. The molecule has 2 fully saturated rings. The number of benzene rings is 1. The van der Waals surface area contributed by atoms with Crippen LogP contribution in [0.5, 0.6) is 0 Å². The number of imidazole rings is 1. The largest absolute Gasteiger partial charge is 0.432 e. The predicted molar refractivity (Wildman–Crippen MR) is 123 cm³/mol. The molecule has 0 aliphatic carbocycles. The first-order valence-electron chi connectivity index (χ1n) is 11.6. The molecule has 4 rings (SSSR count). The number of likely N-dealkylation sites (N-methyl/N-ethyl adjacent to an activating group) is 1. The van der Waals surface area contributed by atoms with E-state index in [0.29, 0.717) is 25.0 Å². The van der Waals surface area contributed by atoms with Gasteiger partial charge in [0.25, 0.3) is 0 Å². The maximum Gasteiger partial charge on any atom is 0.432 e. The van der Waals surface area contributed by atoms with E-state index >= 15 is 0 Å². The van der Waals surface area contributed by atoms with Gasteiger partial charge in [0.05, 0.1) is 11.6 Å². The smallest absolute Gasteiger partial charge is 0.390 e. The minimum atomic E-state index is -0.644. The summed E-state index contributed by atoms with van der Waals surface area (Å²) in [5.41, 5.74) is 0.886. The lowest BCUT2D eigenvalue weighted by Crippen LogP contribution is -2.54. The van der Waals surface area contributed by atoms with Crippen molar-refractivity contribution in [3.05, 3.63) is 34.7 Å². The Bertz CT molecular complexity index is 1050. The van der Waals surface area contributed by atoms with Gasteiger partial charge in [0.2, 0.25) is 6.41 Å². The van der Waals surface area contributed by atoms with Gasteiger partial charge in [0.1, 0.15) is 5.52 Å². The van der Waals surface area contributed by atoms with Crippen molar-refractivity contribution in [2.75, 3.05) is 20.1 Å². The van der Waals surface area contributed by atoms with Crippen LogP contribution in [0.4, 0.5) is 4.79 Å².